The van der Waals surface area contributed by atoms with Gasteiger partial charge < -0.3 is 5.73 Å². The van der Waals surface area contributed by atoms with Gasteiger partial charge in [-0.05, 0) is 0 Å². The maximum absolute atomic E-state index is 13.2. The molecule has 0 aliphatic heterocycles. The van der Waals surface area contributed by atoms with E-state index in [0.717, 1.165) is 0 Å². The smallest absolute Gasteiger partial charge is 0.325 e. The van der Waals surface area contributed by atoms with E-state index in [-0.39, 0.29) is 0 Å². The van der Waals surface area contributed by atoms with Gasteiger partial charge in [0.1, 0.15) is 0 Å². The highest BCUT2D eigenvalue weighted by molar-refractivity contribution is 5.16. The Morgan fingerprint density at radius 2 is 0.533 bits per heavy atom. The Bertz CT molecular complexity index is 628. The summed E-state index contributed by atoms with van der Waals surface area (Å²) in [5, 5.41) is 0. The quantitative estimate of drug-likeness (QED) is 0.434. The summed E-state index contributed by atoms with van der Waals surface area (Å²) in [6, 6.07) is 0. The van der Waals surface area contributed by atoms with Crippen molar-refractivity contribution in [2.24, 2.45) is 5.73 Å². The van der Waals surface area contributed by atoms with Crippen LogP contribution in [0.15, 0.2) is 0 Å². The summed E-state index contributed by atoms with van der Waals surface area (Å²) in [6.07, 6.45) is -7.88. The Labute approximate surface area is 151 Å². The van der Waals surface area contributed by atoms with Crippen molar-refractivity contribution < 1.29 is 83.4 Å². The van der Waals surface area contributed by atoms with Gasteiger partial charge in [0.25, 0.3) is 0 Å². The molecule has 0 radical (unpaired) electrons. The van der Waals surface area contributed by atoms with Gasteiger partial charge >= 0.3 is 53.6 Å². The van der Waals surface area contributed by atoms with Gasteiger partial charge in [0.15, 0.2) is 0 Å². The third-order valence-corrected chi connectivity index (χ3v) is 3.44. The minimum atomic E-state index is -8.89. The molecule has 0 aliphatic carbocycles. The number of alkyl halides is 19. The van der Waals surface area contributed by atoms with E-state index < -0.39 is 60.1 Å². The van der Waals surface area contributed by atoms with Crippen LogP contribution in [-0.2, 0) is 0 Å². The van der Waals surface area contributed by atoms with Crippen LogP contribution < -0.4 is 5.73 Å². The van der Waals surface area contributed by atoms with Crippen molar-refractivity contribution >= 4 is 0 Å². The van der Waals surface area contributed by atoms with Crippen LogP contribution in [0.3, 0.4) is 0 Å². The molecule has 20 heteroatoms. The largest absolute Gasteiger partial charge is 0.460 e. The summed E-state index contributed by atoms with van der Waals surface area (Å²) >= 11 is 0. The first-order chi connectivity index (χ1) is 12.6. The van der Waals surface area contributed by atoms with Crippen molar-refractivity contribution in [3.8, 4) is 0 Å². The fourth-order valence-electron chi connectivity index (χ4n) is 1.52. The average molecular weight is 499 g/mol. The zero-order valence-electron chi connectivity index (χ0n) is 13.0. The second-order valence-electron chi connectivity index (χ2n) is 5.43. The monoisotopic (exact) mass is 499 g/mol. The lowest BCUT2D eigenvalue weighted by molar-refractivity contribution is -0.468. The lowest BCUT2D eigenvalue weighted by Gasteiger charge is -2.43. The van der Waals surface area contributed by atoms with E-state index >= 15 is 0 Å². The molecule has 0 atom stereocenters. The van der Waals surface area contributed by atoms with E-state index in [4.69, 9.17) is 0 Å². The molecule has 182 valence electrons. The summed E-state index contributed by atoms with van der Waals surface area (Å²) in [5.74, 6) is -66.4. The number of hydrogen-bond donors (Lipinski definition) is 1. The molecule has 0 fully saturated rings. The second-order valence-corrected chi connectivity index (χ2v) is 5.43. The van der Waals surface area contributed by atoms with Crippen LogP contribution in [-0.4, -0.2) is 60.1 Å². The molecule has 2 N–H and O–H groups in total. The maximum Gasteiger partial charge on any atom is 0.460 e. The molecular formula is C10H4F19N. The fraction of sp³-hybridized carbons (Fsp3) is 1.00. The molecule has 0 aromatic carbocycles. The van der Waals surface area contributed by atoms with Crippen LogP contribution in [0.25, 0.3) is 0 Å². The molecule has 0 saturated carbocycles. The minimum absolute atomic E-state index is 3.05. The zero-order valence-corrected chi connectivity index (χ0v) is 13.0. The van der Waals surface area contributed by atoms with Crippen molar-refractivity contribution in [1.82, 2.24) is 0 Å². The Hall–Kier alpha value is -1.37. The van der Waals surface area contributed by atoms with E-state index in [9.17, 15) is 83.4 Å². The van der Waals surface area contributed by atoms with Gasteiger partial charge in [-0.25, -0.2) is 0 Å². The van der Waals surface area contributed by atoms with Gasteiger partial charge in [-0.2, -0.15) is 83.4 Å². The van der Waals surface area contributed by atoms with Crippen LogP contribution in [0.1, 0.15) is 0 Å². The molecule has 1 nitrogen and oxygen atoms in total. The van der Waals surface area contributed by atoms with E-state index in [1.54, 1.807) is 0 Å². The highest BCUT2D eigenvalue weighted by Crippen LogP contribution is 2.65. The molecule has 0 aliphatic rings. The first-order valence-corrected chi connectivity index (χ1v) is 6.35. The van der Waals surface area contributed by atoms with Gasteiger partial charge in [0, 0.05) is 0 Å². The molecular weight excluding hydrogens is 495 g/mol. The molecule has 0 unspecified atom stereocenters. The van der Waals surface area contributed by atoms with Crippen molar-refractivity contribution in [2.45, 2.75) is 53.6 Å². The molecule has 0 heterocycles. The Morgan fingerprint density at radius 3 is 0.733 bits per heavy atom. The summed E-state index contributed by atoms with van der Waals surface area (Å²) in [7, 11) is 0. The van der Waals surface area contributed by atoms with Crippen LogP contribution in [0.2, 0.25) is 0 Å². The highest BCUT2D eigenvalue weighted by Gasteiger charge is 2.96. The molecule has 0 aromatic rings. The summed E-state index contributed by atoms with van der Waals surface area (Å²) in [5.41, 5.74) is 3.81. The van der Waals surface area contributed by atoms with Gasteiger partial charge in [-0.1, -0.05) is 0 Å². The number of hydrogen-bond acceptors (Lipinski definition) is 1. The molecule has 0 amide bonds. The van der Waals surface area contributed by atoms with Crippen LogP contribution in [0.4, 0.5) is 83.4 Å². The molecule has 0 bridgehead atoms. The van der Waals surface area contributed by atoms with Gasteiger partial charge in [0.05, 0.1) is 6.54 Å². The maximum atomic E-state index is 13.2. The van der Waals surface area contributed by atoms with Gasteiger partial charge in [-0.3, -0.25) is 0 Å². The molecule has 30 heavy (non-hydrogen) atoms. The molecule has 0 rings (SSSR count). The SMILES string of the molecule is NCC(F)(F)C(F)(F)C(F)(F)C(F)(F)C(F)(F)C(F)(F)C(F)(F)C(F)(F)C(F)(F)F. The Morgan fingerprint density at radius 1 is 0.333 bits per heavy atom. The second kappa shape index (κ2) is 6.81. The summed E-state index contributed by atoms with van der Waals surface area (Å²) in [4.78, 5) is 0. The van der Waals surface area contributed by atoms with E-state index in [1.807, 2.05) is 0 Å². The lowest BCUT2D eigenvalue weighted by Crippen LogP contribution is -2.76. The summed E-state index contributed by atoms with van der Waals surface area (Å²) < 4.78 is 242. The number of halogens is 19. The normalized spacial score (nSPS) is 16.8. The molecule has 0 spiro atoms. The van der Waals surface area contributed by atoms with Crippen LogP contribution >= 0.6 is 0 Å². The topological polar surface area (TPSA) is 26.0 Å². The third-order valence-electron chi connectivity index (χ3n) is 3.44. The summed E-state index contributed by atoms with van der Waals surface area (Å²) in [6.45, 7) is -3.05. The fourth-order valence-corrected chi connectivity index (χ4v) is 1.52. The zero-order chi connectivity index (χ0) is 25.2. The Kier molecular flexibility index (Phi) is 6.50. The molecule has 0 aromatic heterocycles. The minimum Gasteiger partial charge on any atom is -0.325 e. The van der Waals surface area contributed by atoms with E-state index in [0.29, 0.717) is 0 Å². The van der Waals surface area contributed by atoms with E-state index in [2.05, 4.69) is 5.73 Å². The van der Waals surface area contributed by atoms with E-state index in [1.165, 1.54) is 0 Å². The number of nitrogens with two attached hydrogens (primary N) is 1. The van der Waals surface area contributed by atoms with Crippen LogP contribution in [0.5, 0.6) is 0 Å². The first-order valence-electron chi connectivity index (χ1n) is 6.35. The van der Waals surface area contributed by atoms with Crippen molar-refractivity contribution in [2.75, 3.05) is 6.54 Å². The molecule has 0 saturated heterocycles. The van der Waals surface area contributed by atoms with Gasteiger partial charge in [-0.15, -0.1) is 0 Å². The van der Waals surface area contributed by atoms with Crippen molar-refractivity contribution in [1.29, 1.82) is 0 Å². The predicted octanol–water partition coefficient (Wildman–Crippen LogP) is 5.59. The average Bonchev–Trinajstić information content (AvgIpc) is 2.52. The number of rotatable bonds is 8. The van der Waals surface area contributed by atoms with Crippen molar-refractivity contribution in [3.63, 3.8) is 0 Å². The van der Waals surface area contributed by atoms with Gasteiger partial charge in [0.2, 0.25) is 0 Å². The Balaban J connectivity index is 6.85. The first kappa shape index (κ1) is 28.6. The van der Waals surface area contributed by atoms with Crippen LogP contribution in [0, 0.1) is 0 Å². The third kappa shape index (κ3) is 3.23. The van der Waals surface area contributed by atoms with Crippen molar-refractivity contribution in [3.05, 3.63) is 0 Å². The standard InChI is InChI=1S/C10H4F19N/c11-2(12,1-30)3(13,14)4(15,16)5(17,18)6(19,20)7(21,22)8(23,24)9(25,26)10(27,28)29/h1,30H2. The lowest BCUT2D eigenvalue weighted by atomic mass is 9.87. The highest BCUT2D eigenvalue weighted by atomic mass is 19.4. The predicted molar refractivity (Wildman–Crippen MR) is 54.7 cm³/mol.